The summed E-state index contributed by atoms with van der Waals surface area (Å²) in [6, 6.07) is 11.8. The molecule has 1 aliphatic heterocycles. The third-order valence-corrected chi connectivity index (χ3v) is 5.93. The van der Waals surface area contributed by atoms with Gasteiger partial charge in [-0.2, -0.15) is 0 Å². The molecule has 0 aliphatic carbocycles. The highest BCUT2D eigenvalue weighted by Crippen LogP contribution is 2.34. The van der Waals surface area contributed by atoms with Crippen LogP contribution in [-0.2, 0) is 13.0 Å². The molecule has 1 atom stereocenters. The summed E-state index contributed by atoms with van der Waals surface area (Å²) in [7, 11) is 0. The maximum atomic E-state index is 14.2. The number of aliphatic hydroxyl groups excluding tert-OH is 1. The van der Waals surface area contributed by atoms with E-state index in [1.165, 1.54) is 18.5 Å². The Bertz CT molecular complexity index is 1110. The first-order valence-electron chi connectivity index (χ1n) is 10.7. The summed E-state index contributed by atoms with van der Waals surface area (Å²) in [5.41, 5.74) is 2.85. The Labute approximate surface area is 187 Å². The van der Waals surface area contributed by atoms with E-state index >= 15 is 0 Å². The normalized spacial score (nSPS) is 18.7. The van der Waals surface area contributed by atoms with Crippen LogP contribution in [0, 0.1) is 28.9 Å². The Morgan fingerprint density at radius 2 is 1.75 bits per heavy atom. The Morgan fingerprint density at radius 1 is 1.00 bits per heavy atom. The van der Waals surface area contributed by atoms with Crippen LogP contribution in [-0.4, -0.2) is 39.7 Å². The molecule has 0 radical (unpaired) electrons. The molecule has 0 unspecified atom stereocenters. The van der Waals surface area contributed by atoms with Crippen LogP contribution in [0.2, 0.25) is 0 Å². The van der Waals surface area contributed by atoms with Crippen molar-refractivity contribution < 1.29 is 13.9 Å². The van der Waals surface area contributed by atoms with Gasteiger partial charge in [-0.1, -0.05) is 30.0 Å². The fraction of sp³-hybridized carbons (Fsp3) is 0.308. The quantitative estimate of drug-likeness (QED) is 0.619. The number of halogens is 2. The Morgan fingerprint density at radius 3 is 2.47 bits per heavy atom. The molecule has 164 valence electrons. The number of aliphatic hydroxyl groups is 1. The van der Waals surface area contributed by atoms with Crippen LogP contribution in [0.25, 0.3) is 0 Å². The van der Waals surface area contributed by atoms with Gasteiger partial charge in [-0.15, -0.1) is 0 Å². The molecule has 4 rings (SSSR count). The molecule has 32 heavy (non-hydrogen) atoms. The molecule has 1 aliphatic rings. The van der Waals surface area contributed by atoms with Gasteiger partial charge in [-0.05, 0) is 55.1 Å². The second-order valence-electron chi connectivity index (χ2n) is 8.46. The third-order valence-electron chi connectivity index (χ3n) is 5.93. The summed E-state index contributed by atoms with van der Waals surface area (Å²) in [4.78, 5) is 10.2. The first kappa shape index (κ1) is 22.1. The summed E-state index contributed by atoms with van der Waals surface area (Å²) in [5.74, 6) is 5.02. The molecule has 2 aromatic carbocycles. The SMILES string of the molecule is OC[C@]1(Cc2ccc(F)cc2F)CCCN(Cc2ccc(C#Cc3cncnc3)cc2)C1. The van der Waals surface area contributed by atoms with Crippen molar-refractivity contribution in [2.45, 2.75) is 25.8 Å². The third kappa shape index (κ3) is 5.56. The smallest absolute Gasteiger partial charge is 0.129 e. The largest absolute Gasteiger partial charge is 0.396 e. The van der Waals surface area contributed by atoms with E-state index in [1.807, 2.05) is 12.1 Å². The predicted octanol–water partition coefficient (Wildman–Crippen LogP) is 3.97. The lowest BCUT2D eigenvalue weighted by atomic mass is 9.75. The zero-order chi connectivity index (χ0) is 22.4. The van der Waals surface area contributed by atoms with Crippen LogP contribution >= 0.6 is 0 Å². The average Bonchev–Trinajstić information content (AvgIpc) is 2.81. The molecule has 4 nitrogen and oxygen atoms in total. The van der Waals surface area contributed by atoms with Gasteiger partial charge in [0.15, 0.2) is 0 Å². The van der Waals surface area contributed by atoms with Crippen LogP contribution < -0.4 is 0 Å². The number of benzene rings is 2. The summed E-state index contributed by atoms with van der Waals surface area (Å²) in [5, 5.41) is 10.2. The van der Waals surface area contributed by atoms with Gasteiger partial charge in [-0.25, -0.2) is 18.7 Å². The van der Waals surface area contributed by atoms with Crippen molar-refractivity contribution in [3.63, 3.8) is 0 Å². The van der Waals surface area contributed by atoms with E-state index in [4.69, 9.17) is 0 Å². The molecule has 2 heterocycles. The first-order valence-corrected chi connectivity index (χ1v) is 10.7. The van der Waals surface area contributed by atoms with Gasteiger partial charge >= 0.3 is 0 Å². The van der Waals surface area contributed by atoms with Gasteiger partial charge < -0.3 is 5.11 Å². The van der Waals surface area contributed by atoms with Gasteiger partial charge in [0.25, 0.3) is 0 Å². The van der Waals surface area contributed by atoms with Gasteiger partial charge in [0.2, 0.25) is 0 Å². The van der Waals surface area contributed by atoms with Crippen LogP contribution in [0.4, 0.5) is 8.78 Å². The number of hydrogen-bond donors (Lipinski definition) is 1. The van der Waals surface area contributed by atoms with Gasteiger partial charge in [0.05, 0.1) is 12.2 Å². The lowest BCUT2D eigenvalue weighted by molar-refractivity contribution is 0.0283. The lowest BCUT2D eigenvalue weighted by Gasteiger charge is -2.42. The number of likely N-dealkylation sites (tertiary alicyclic amines) is 1. The molecule has 1 aromatic heterocycles. The molecule has 0 saturated carbocycles. The van der Waals surface area contributed by atoms with Crippen molar-refractivity contribution in [1.82, 2.24) is 14.9 Å². The predicted molar refractivity (Wildman–Crippen MR) is 119 cm³/mol. The topological polar surface area (TPSA) is 49.2 Å². The van der Waals surface area contributed by atoms with E-state index in [2.05, 4.69) is 38.8 Å². The summed E-state index contributed by atoms with van der Waals surface area (Å²) < 4.78 is 27.5. The monoisotopic (exact) mass is 433 g/mol. The maximum absolute atomic E-state index is 14.2. The van der Waals surface area contributed by atoms with E-state index in [9.17, 15) is 13.9 Å². The molecule has 1 N–H and O–H groups in total. The summed E-state index contributed by atoms with van der Waals surface area (Å²) in [6.45, 7) is 2.30. The molecule has 1 fully saturated rings. The van der Waals surface area contributed by atoms with Gasteiger partial charge in [-0.3, -0.25) is 4.90 Å². The van der Waals surface area contributed by atoms with Crippen molar-refractivity contribution in [2.24, 2.45) is 5.41 Å². The summed E-state index contributed by atoms with van der Waals surface area (Å²) >= 11 is 0. The number of hydrogen-bond acceptors (Lipinski definition) is 4. The minimum atomic E-state index is -0.584. The van der Waals surface area contributed by atoms with Crippen molar-refractivity contribution in [2.75, 3.05) is 19.7 Å². The van der Waals surface area contributed by atoms with E-state index in [0.29, 0.717) is 18.5 Å². The van der Waals surface area contributed by atoms with Crippen molar-refractivity contribution in [3.8, 4) is 11.8 Å². The van der Waals surface area contributed by atoms with E-state index < -0.39 is 17.0 Å². The van der Waals surface area contributed by atoms with Crippen LogP contribution in [0.1, 0.15) is 35.1 Å². The Hall–Kier alpha value is -3.14. The molecule has 6 heteroatoms. The molecule has 0 bridgehead atoms. The van der Waals surface area contributed by atoms with E-state index in [0.717, 1.165) is 48.7 Å². The molecule has 0 amide bonds. The average molecular weight is 434 g/mol. The zero-order valence-corrected chi connectivity index (χ0v) is 17.8. The maximum Gasteiger partial charge on any atom is 0.129 e. The van der Waals surface area contributed by atoms with Crippen LogP contribution in [0.5, 0.6) is 0 Å². The summed E-state index contributed by atoms with van der Waals surface area (Å²) in [6.07, 6.45) is 6.96. The van der Waals surface area contributed by atoms with Crippen molar-refractivity contribution in [3.05, 3.63) is 95.1 Å². The second-order valence-corrected chi connectivity index (χ2v) is 8.46. The fourth-order valence-electron chi connectivity index (χ4n) is 4.30. The molecular formula is C26H25F2N3O. The molecule has 1 saturated heterocycles. The van der Waals surface area contributed by atoms with E-state index in [1.54, 1.807) is 12.4 Å². The van der Waals surface area contributed by atoms with Crippen LogP contribution in [0.15, 0.2) is 61.2 Å². The van der Waals surface area contributed by atoms with Crippen molar-refractivity contribution in [1.29, 1.82) is 0 Å². The highest BCUT2D eigenvalue weighted by molar-refractivity contribution is 5.41. The Kier molecular flexibility index (Phi) is 6.89. The zero-order valence-electron chi connectivity index (χ0n) is 17.8. The highest BCUT2D eigenvalue weighted by Gasteiger charge is 2.35. The number of nitrogens with zero attached hydrogens (tertiary/aromatic N) is 3. The fourth-order valence-corrected chi connectivity index (χ4v) is 4.30. The number of aromatic nitrogens is 2. The Balaban J connectivity index is 1.41. The minimum Gasteiger partial charge on any atom is -0.396 e. The molecular weight excluding hydrogens is 408 g/mol. The first-order chi connectivity index (χ1) is 15.5. The number of piperidine rings is 1. The second kappa shape index (κ2) is 9.99. The van der Waals surface area contributed by atoms with Crippen LogP contribution in [0.3, 0.4) is 0 Å². The molecule has 0 spiro atoms. The minimum absolute atomic E-state index is 0.0297. The molecule has 3 aromatic rings. The number of rotatable bonds is 5. The van der Waals surface area contributed by atoms with E-state index in [-0.39, 0.29) is 6.61 Å². The van der Waals surface area contributed by atoms with Gasteiger partial charge in [0, 0.05) is 42.5 Å². The van der Waals surface area contributed by atoms with Gasteiger partial charge in [0.1, 0.15) is 18.0 Å². The lowest BCUT2D eigenvalue weighted by Crippen LogP contribution is -2.46. The standard InChI is InChI=1S/C26H25F2N3O/c27-24-9-8-23(25(28)12-24)13-26(18-32)10-1-11-31(17-26)16-21-5-2-20(3-6-21)4-7-22-14-29-19-30-15-22/h2-3,5-6,8-9,12,14-15,19,32H,1,10-11,13,16-18H2/t26-/m0/s1. The highest BCUT2D eigenvalue weighted by atomic mass is 19.1. The van der Waals surface area contributed by atoms with Crippen molar-refractivity contribution >= 4 is 0 Å².